The minimum Gasteiger partial charge on any atom is -0.480 e. The number of unbranched alkanes of at least 4 members (excludes halogenated alkanes) is 1. The molecule has 1 rings (SSSR count). The van der Waals surface area contributed by atoms with Crippen molar-refractivity contribution in [1.82, 2.24) is 0 Å². The summed E-state index contributed by atoms with van der Waals surface area (Å²) < 4.78 is 1.95. The van der Waals surface area contributed by atoms with Crippen LogP contribution in [0.2, 0.25) is 0 Å². The molecule has 0 bridgehead atoms. The molecule has 0 radical (unpaired) electrons. The number of carboxylic acids is 4. The smallest absolute Gasteiger partial charge is 0.320 e. The highest BCUT2D eigenvalue weighted by atomic mass is 16.4. The number of carboxylic acid groups (broad SMARTS) is 4. The third-order valence-electron chi connectivity index (χ3n) is 6.33. The van der Waals surface area contributed by atoms with Crippen LogP contribution in [0.3, 0.4) is 0 Å². The Morgan fingerprint density at radius 3 is 1.62 bits per heavy atom. The molecule has 1 heterocycles. The number of nitrogens with two attached hydrogens (primary N) is 4. The van der Waals surface area contributed by atoms with Crippen LogP contribution in [0, 0.1) is 0 Å². The Balaban J connectivity index is 3.26. The fraction of sp³-hybridized carbons (Fsp3) is 0.625. The molecular formula is C24H40N5O8+. The van der Waals surface area contributed by atoms with E-state index >= 15 is 0 Å². The van der Waals surface area contributed by atoms with Crippen molar-refractivity contribution in [2.75, 3.05) is 0 Å². The third-order valence-corrected chi connectivity index (χ3v) is 6.33. The Kier molecular flexibility index (Phi) is 13.7. The van der Waals surface area contributed by atoms with Gasteiger partial charge in [-0.2, -0.15) is 0 Å². The second-order valence-corrected chi connectivity index (χ2v) is 9.20. The van der Waals surface area contributed by atoms with Crippen molar-refractivity contribution in [3.63, 3.8) is 0 Å². The van der Waals surface area contributed by atoms with Gasteiger partial charge in [-0.05, 0) is 56.9 Å². The van der Waals surface area contributed by atoms with Gasteiger partial charge >= 0.3 is 23.9 Å². The molecule has 4 unspecified atom stereocenters. The predicted molar refractivity (Wildman–Crippen MR) is 133 cm³/mol. The zero-order chi connectivity index (χ0) is 28.1. The number of rotatable bonds is 19. The van der Waals surface area contributed by atoms with Crippen LogP contribution in [-0.2, 0) is 45.0 Å². The van der Waals surface area contributed by atoms with E-state index in [0.717, 1.165) is 16.8 Å². The lowest BCUT2D eigenvalue weighted by Gasteiger charge is -2.17. The lowest BCUT2D eigenvalue weighted by molar-refractivity contribution is -0.705. The lowest BCUT2D eigenvalue weighted by atomic mass is 9.92. The van der Waals surface area contributed by atoms with E-state index in [1.807, 2.05) is 16.8 Å². The first-order chi connectivity index (χ1) is 17.3. The number of hydrogen-bond acceptors (Lipinski definition) is 8. The van der Waals surface area contributed by atoms with Gasteiger partial charge in [-0.15, -0.1) is 0 Å². The van der Waals surface area contributed by atoms with E-state index in [0.29, 0.717) is 51.5 Å². The van der Waals surface area contributed by atoms with Crippen LogP contribution in [0.25, 0.3) is 0 Å². The molecule has 13 nitrogen and oxygen atoms in total. The Morgan fingerprint density at radius 1 is 0.649 bits per heavy atom. The molecule has 0 aliphatic heterocycles. The van der Waals surface area contributed by atoms with Crippen molar-refractivity contribution in [2.45, 2.75) is 94.9 Å². The largest absolute Gasteiger partial charge is 0.480 e. The molecule has 0 spiro atoms. The quantitative estimate of drug-likeness (QED) is 0.0795. The lowest BCUT2D eigenvalue weighted by Crippen LogP contribution is -2.41. The molecule has 208 valence electrons. The summed E-state index contributed by atoms with van der Waals surface area (Å²) in [5, 5.41) is 36.5. The summed E-state index contributed by atoms with van der Waals surface area (Å²) in [7, 11) is 0. The summed E-state index contributed by atoms with van der Waals surface area (Å²) in [6.07, 6.45) is 5.44. The van der Waals surface area contributed by atoms with Gasteiger partial charge in [0, 0.05) is 24.5 Å². The number of aryl methyl sites for hydroxylation is 2. The number of aromatic nitrogens is 1. The van der Waals surface area contributed by atoms with Gasteiger partial charge in [-0.3, -0.25) is 19.2 Å². The first-order valence-electron chi connectivity index (χ1n) is 12.3. The van der Waals surface area contributed by atoms with Gasteiger partial charge in [0.25, 0.3) is 0 Å². The maximum Gasteiger partial charge on any atom is 0.320 e. The Bertz CT molecular complexity index is 942. The van der Waals surface area contributed by atoms with E-state index < -0.39 is 48.0 Å². The SMILES string of the molecule is NC(CCCC[n+]1ccc(CCC(N)C(=O)O)c(CCCC(N)C(=O)O)c1CCC(N)C(=O)O)C(=O)O. The minimum absolute atomic E-state index is 0.152. The fourth-order valence-electron chi connectivity index (χ4n) is 4.01. The maximum absolute atomic E-state index is 11.3. The standard InChI is InChI=1S/C24H39N5O8/c25-16(21(30)31)5-1-2-12-29-13-11-14(7-8-18(27)23(34)35)15(4-3-6-17(26)22(32)33)20(29)10-9-19(28)24(36)37/h11,13,16-19H,1-10,12,25-28H2,(H3-,30,31,32,33,34,35,36,37)/p+1. The van der Waals surface area contributed by atoms with Gasteiger partial charge in [0.2, 0.25) is 0 Å². The zero-order valence-electron chi connectivity index (χ0n) is 20.9. The molecule has 12 N–H and O–H groups in total. The molecular weight excluding hydrogens is 486 g/mol. The van der Waals surface area contributed by atoms with Crippen molar-refractivity contribution in [3.8, 4) is 0 Å². The van der Waals surface area contributed by atoms with Crippen LogP contribution in [0.1, 0.15) is 61.8 Å². The molecule has 4 atom stereocenters. The van der Waals surface area contributed by atoms with Crippen molar-refractivity contribution in [1.29, 1.82) is 0 Å². The summed E-state index contributed by atoms with van der Waals surface area (Å²) in [6.45, 7) is 0.514. The van der Waals surface area contributed by atoms with Crippen LogP contribution in [0.4, 0.5) is 0 Å². The molecule has 0 fully saturated rings. The molecule has 0 amide bonds. The second-order valence-electron chi connectivity index (χ2n) is 9.20. The van der Waals surface area contributed by atoms with Crippen molar-refractivity contribution in [2.24, 2.45) is 22.9 Å². The number of pyridine rings is 1. The normalized spacial score (nSPS) is 14.5. The first-order valence-corrected chi connectivity index (χ1v) is 12.3. The van der Waals surface area contributed by atoms with E-state index in [-0.39, 0.29) is 19.3 Å². The van der Waals surface area contributed by atoms with Gasteiger partial charge in [-0.25, -0.2) is 4.57 Å². The molecule has 0 aromatic carbocycles. The van der Waals surface area contributed by atoms with E-state index in [1.54, 1.807) is 0 Å². The first kappa shape index (κ1) is 31.9. The zero-order valence-corrected chi connectivity index (χ0v) is 20.9. The summed E-state index contributed by atoms with van der Waals surface area (Å²) >= 11 is 0. The van der Waals surface area contributed by atoms with Crippen LogP contribution >= 0.6 is 0 Å². The molecule has 37 heavy (non-hydrogen) atoms. The molecule has 1 aromatic heterocycles. The average Bonchev–Trinajstić information content (AvgIpc) is 2.83. The summed E-state index contributed by atoms with van der Waals surface area (Å²) in [4.78, 5) is 44.6. The Morgan fingerprint density at radius 2 is 1.11 bits per heavy atom. The Labute approximate surface area is 215 Å². The van der Waals surface area contributed by atoms with Crippen LogP contribution in [0.5, 0.6) is 0 Å². The molecule has 13 heteroatoms. The van der Waals surface area contributed by atoms with Gasteiger partial charge in [0.1, 0.15) is 30.7 Å². The monoisotopic (exact) mass is 526 g/mol. The fourth-order valence-corrected chi connectivity index (χ4v) is 4.01. The number of nitrogens with zero attached hydrogens (tertiary/aromatic N) is 1. The predicted octanol–water partition coefficient (Wildman–Crippen LogP) is -1.02. The van der Waals surface area contributed by atoms with E-state index in [1.165, 1.54) is 0 Å². The number of carbonyl (C=O) groups is 4. The average molecular weight is 527 g/mol. The molecule has 0 aliphatic rings. The van der Waals surface area contributed by atoms with Crippen LogP contribution in [0.15, 0.2) is 12.3 Å². The van der Waals surface area contributed by atoms with Crippen molar-refractivity contribution < 1.29 is 44.2 Å². The molecule has 0 saturated heterocycles. The topological polar surface area (TPSA) is 257 Å². The highest BCUT2D eigenvalue weighted by molar-refractivity contribution is 5.74. The van der Waals surface area contributed by atoms with Crippen molar-refractivity contribution in [3.05, 3.63) is 29.1 Å². The number of hydrogen-bond donors (Lipinski definition) is 8. The molecule has 0 saturated carbocycles. The summed E-state index contributed by atoms with van der Waals surface area (Å²) in [5.74, 6) is -4.43. The third kappa shape index (κ3) is 11.2. The number of aliphatic carboxylic acids is 4. The van der Waals surface area contributed by atoms with Gasteiger partial charge in [-0.1, -0.05) is 0 Å². The van der Waals surface area contributed by atoms with Gasteiger partial charge in [0.15, 0.2) is 11.9 Å². The summed E-state index contributed by atoms with van der Waals surface area (Å²) in [6, 6.07) is -2.26. The Hall–Kier alpha value is -3.13. The molecule has 1 aromatic rings. The van der Waals surface area contributed by atoms with Crippen LogP contribution < -0.4 is 27.5 Å². The molecule has 0 aliphatic carbocycles. The highest BCUT2D eigenvalue weighted by Crippen LogP contribution is 2.20. The van der Waals surface area contributed by atoms with Gasteiger partial charge < -0.3 is 43.4 Å². The maximum atomic E-state index is 11.3. The van der Waals surface area contributed by atoms with E-state index in [2.05, 4.69) is 0 Å². The van der Waals surface area contributed by atoms with Gasteiger partial charge in [0.05, 0.1) is 0 Å². The highest BCUT2D eigenvalue weighted by Gasteiger charge is 2.24. The van der Waals surface area contributed by atoms with E-state index in [4.69, 9.17) is 38.3 Å². The minimum atomic E-state index is -1.13. The van der Waals surface area contributed by atoms with Crippen LogP contribution in [-0.4, -0.2) is 68.5 Å². The summed E-state index contributed by atoms with van der Waals surface area (Å²) in [5.41, 5.74) is 25.2. The second kappa shape index (κ2) is 15.9. The van der Waals surface area contributed by atoms with E-state index in [9.17, 15) is 24.3 Å². The van der Waals surface area contributed by atoms with Crippen molar-refractivity contribution >= 4 is 23.9 Å².